The third-order valence-corrected chi connectivity index (χ3v) is 13.7. The molecule has 0 aromatic heterocycles. The van der Waals surface area contributed by atoms with E-state index >= 15 is 0 Å². The largest absolute Gasteiger partial charge is 4.00 e. The van der Waals surface area contributed by atoms with Crippen LogP contribution in [0.1, 0.15) is 101 Å². The fraction of sp³-hybridized carbons (Fsp3) is 0.304. The van der Waals surface area contributed by atoms with Crippen molar-refractivity contribution < 1.29 is 25.8 Å². The molecule has 0 atom stereocenters. The molecule has 0 aliphatic heterocycles. The summed E-state index contributed by atoms with van der Waals surface area (Å²) in [5.74, 6) is 2.02. The maximum atomic E-state index is 2.53. The average Bonchev–Trinajstić information content (AvgIpc) is 3.66. The van der Waals surface area contributed by atoms with Gasteiger partial charge in [0.15, 0.2) is 0 Å². The van der Waals surface area contributed by atoms with Crippen LogP contribution in [0.2, 0.25) is 13.1 Å². The molecule has 248 valence electrons. The standard InChI is InChI=1S/C44H50Si.2CH3.Hf/c1-27(2)33-17-34(28(3)4)20-37(19-33)41-15-11-13-31-23-39(25-43(31)41)45(9,10)40-24-32-14-12-16-42(44(32)26-40)38-21-35(29(5)6)18-36(22-38)30(7)8;;;/h11-30H,1-10H3;2*1H3;/q-2;2*-1;+4. The van der Waals surface area contributed by atoms with Gasteiger partial charge < -0.3 is 14.9 Å². The van der Waals surface area contributed by atoms with Gasteiger partial charge >= 0.3 is 25.8 Å². The van der Waals surface area contributed by atoms with Crippen molar-refractivity contribution in [3.05, 3.63) is 134 Å². The van der Waals surface area contributed by atoms with E-state index < -0.39 is 8.07 Å². The Balaban J connectivity index is 0.00000208. The zero-order valence-electron chi connectivity index (χ0n) is 31.5. The Morgan fingerprint density at radius 2 is 0.771 bits per heavy atom. The Morgan fingerprint density at radius 3 is 1.06 bits per heavy atom. The smallest absolute Gasteiger partial charge is 0.358 e. The molecule has 0 saturated heterocycles. The van der Waals surface area contributed by atoms with Crippen molar-refractivity contribution in [2.75, 3.05) is 0 Å². The first-order valence-corrected chi connectivity index (χ1v) is 20.0. The summed E-state index contributed by atoms with van der Waals surface area (Å²) in [6.45, 7) is 23.5. The van der Waals surface area contributed by atoms with E-state index in [1.165, 1.54) is 76.4 Å². The van der Waals surface area contributed by atoms with Crippen molar-refractivity contribution in [2.45, 2.75) is 92.2 Å². The minimum atomic E-state index is -1.98. The van der Waals surface area contributed by atoms with Gasteiger partial charge in [0, 0.05) is 0 Å². The van der Waals surface area contributed by atoms with Crippen molar-refractivity contribution in [3.63, 3.8) is 0 Å². The van der Waals surface area contributed by atoms with E-state index in [1.54, 1.807) is 0 Å². The molecular weight excluding hydrogens is 759 g/mol. The predicted molar refractivity (Wildman–Crippen MR) is 216 cm³/mol. The topological polar surface area (TPSA) is 0 Å². The van der Waals surface area contributed by atoms with Crippen LogP contribution in [0.15, 0.2) is 97.1 Å². The predicted octanol–water partition coefficient (Wildman–Crippen LogP) is 13.0. The van der Waals surface area contributed by atoms with Crippen molar-refractivity contribution in [3.8, 4) is 22.3 Å². The summed E-state index contributed by atoms with van der Waals surface area (Å²) in [5, 5.41) is 8.49. The van der Waals surface area contributed by atoms with E-state index in [4.69, 9.17) is 0 Å². The normalized spacial score (nSPS) is 11.8. The van der Waals surface area contributed by atoms with Gasteiger partial charge in [0.05, 0.1) is 8.07 Å². The number of rotatable bonds is 8. The van der Waals surface area contributed by atoms with Crippen LogP contribution in [-0.4, -0.2) is 8.07 Å². The Hall–Kier alpha value is -2.81. The average molecular weight is 816 g/mol. The fourth-order valence-corrected chi connectivity index (χ4v) is 9.24. The molecule has 6 rings (SSSR count). The third-order valence-electron chi connectivity index (χ3n) is 10.2. The molecule has 0 unspecified atom stereocenters. The van der Waals surface area contributed by atoms with Gasteiger partial charge in [-0.2, -0.15) is 12.1 Å². The summed E-state index contributed by atoms with van der Waals surface area (Å²) < 4.78 is 0. The summed E-state index contributed by atoms with van der Waals surface area (Å²) in [4.78, 5) is 0. The van der Waals surface area contributed by atoms with Crippen LogP contribution in [0.5, 0.6) is 0 Å². The zero-order chi connectivity index (χ0) is 32.2. The molecule has 0 heterocycles. The van der Waals surface area contributed by atoms with Gasteiger partial charge in [-0.05, 0) is 57.1 Å². The molecule has 0 N–H and O–H groups in total. The molecule has 0 fully saturated rings. The van der Waals surface area contributed by atoms with Crippen LogP contribution in [0.25, 0.3) is 43.8 Å². The maximum absolute atomic E-state index is 2.53. The molecule has 2 heteroatoms. The molecule has 0 bridgehead atoms. The summed E-state index contributed by atoms with van der Waals surface area (Å²) in [7, 11) is -1.98. The van der Waals surface area contributed by atoms with Gasteiger partial charge in [0.1, 0.15) is 0 Å². The van der Waals surface area contributed by atoms with Gasteiger partial charge in [-0.15, -0.1) is 68.3 Å². The van der Waals surface area contributed by atoms with Crippen LogP contribution in [0, 0.1) is 14.9 Å². The van der Waals surface area contributed by atoms with Crippen molar-refractivity contribution in [1.82, 2.24) is 0 Å². The first kappa shape index (κ1) is 39.6. The number of fused-ring (bicyclic) bond motifs is 2. The van der Waals surface area contributed by atoms with Gasteiger partial charge in [-0.3, -0.25) is 0 Å². The molecule has 0 radical (unpaired) electrons. The minimum Gasteiger partial charge on any atom is -0.358 e. The van der Waals surface area contributed by atoms with Gasteiger partial charge in [0.25, 0.3) is 0 Å². The molecule has 0 aliphatic carbocycles. The molecule has 6 aromatic rings. The van der Waals surface area contributed by atoms with E-state index in [1.807, 2.05) is 0 Å². The van der Waals surface area contributed by atoms with Gasteiger partial charge in [-0.25, -0.2) is 0 Å². The van der Waals surface area contributed by atoms with Crippen LogP contribution in [-0.2, 0) is 25.8 Å². The second-order valence-electron chi connectivity index (χ2n) is 15.1. The van der Waals surface area contributed by atoms with Crippen LogP contribution in [0.4, 0.5) is 0 Å². The van der Waals surface area contributed by atoms with Crippen LogP contribution >= 0.6 is 0 Å². The monoisotopic (exact) mass is 816 g/mol. The second-order valence-corrected chi connectivity index (χ2v) is 19.5. The minimum absolute atomic E-state index is 0. The van der Waals surface area contributed by atoms with E-state index in [0.29, 0.717) is 23.7 Å². The third kappa shape index (κ3) is 7.51. The van der Waals surface area contributed by atoms with Crippen molar-refractivity contribution in [2.24, 2.45) is 0 Å². The van der Waals surface area contributed by atoms with E-state index in [2.05, 4.69) is 166 Å². The fourth-order valence-electron chi connectivity index (χ4n) is 6.86. The molecule has 0 saturated carbocycles. The van der Waals surface area contributed by atoms with E-state index in [9.17, 15) is 0 Å². The quantitative estimate of drug-likeness (QED) is 0.106. The molecule has 6 aromatic carbocycles. The Morgan fingerprint density at radius 1 is 0.458 bits per heavy atom. The van der Waals surface area contributed by atoms with Crippen LogP contribution in [0.3, 0.4) is 0 Å². The van der Waals surface area contributed by atoms with Crippen LogP contribution < -0.4 is 10.4 Å². The molecule has 0 amide bonds. The second kappa shape index (κ2) is 15.4. The van der Waals surface area contributed by atoms with Crippen molar-refractivity contribution >= 4 is 40.0 Å². The first-order valence-electron chi connectivity index (χ1n) is 17.0. The Labute approximate surface area is 312 Å². The Kier molecular flexibility index (Phi) is 12.7. The summed E-state index contributed by atoms with van der Waals surface area (Å²) in [6.07, 6.45) is 0. The van der Waals surface area contributed by atoms with E-state index in [-0.39, 0.29) is 40.7 Å². The summed E-state index contributed by atoms with van der Waals surface area (Å²) >= 11 is 0. The number of benzene rings is 4. The Bertz CT molecular complexity index is 1800. The molecule has 48 heavy (non-hydrogen) atoms. The molecule has 0 aliphatic rings. The summed E-state index contributed by atoms with van der Waals surface area (Å²) in [6, 6.07) is 38.2. The zero-order valence-corrected chi connectivity index (χ0v) is 36.1. The van der Waals surface area contributed by atoms with Gasteiger partial charge in [0.2, 0.25) is 0 Å². The maximum Gasteiger partial charge on any atom is 4.00 e. The van der Waals surface area contributed by atoms with E-state index in [0.717, 1.165) is 0 Å². The first-order chi connectivity index (χ1) is 21.3. The molecular formula is C46H56HfSi. The SMILES string of the molecule is CC(C)c1cc(-c2cccc3[cH-]c([Si](C)(C)c4cc5c(-c6cc(C(C)C)cc(C(C)C)c6)cccc5[cH-]4)cc23)cc(C(C)C)c1.[CH3-].[CH3-].[Hf+4]. The van der Waals surface area contributed by atoms with Crippen molar-refractivity contribution in [1.29, 1.82) is 0 Å². The molecule has 0 spiro atoms. The molecule has 0 nitrogen and oxygen atoms in total. The number of hydrogen-bond acceptors (Lipinski definition) is 0. The van der Waals surface area contributed by atoms with Gasteiger partial charge in [-0.1, -0.05) is 128 Å². The summed E-state index contributed by atoms with van der Waals surface area (Å²) in [5.41, 5.74) is 11.1. The number of hydrogen-bond donors (Lipinski definition) is 0.